The fourth-order valence-corrected chi connectivity index (χ4v) is 3.24. The van der Waals surface area contributed by atoms with Crippen molar-refractivity contribution in [3.8, 4) is 0 Å². The first-order chi connectivity index (χ1) is 14.8. The molecule has 34 heavy (non-hydrogen) atoms. The average molecular weight is 824 g/mol. The van der Waals surface area contributed by atoms with Gasteiger partial charge in [-0.3, -0.25) is 0 Å². The molecule has 1 unspecified atom stereocenters. The number of allylic oxidation sites excluding steroid dienone is 4. The molecule has 0 amide bonds. The fourth-order valence-electron chi connectivity index (χ4n) is 3.24. The molecular weight excluding hydrogens is 768 g/mol. The molecule has 0 aromatic heterocycles. The zero-order valence-corrected chi connectivity index (χ0v) is 29.6. The normalized spacial score (nSPS) is 16.4. The third kappa shape index (κ3) is 25.5. The number of carbonyl (C=O) groups is 1. The van der Waals surface area contributed by atoms with E-state index in [0.717, 1.165) is 19.1 Å². The summed E-state index contributed by atoms with van der Waals surface area (Å²) in [4.78, 5) is 10.0. The third-order valence-corrected chi connectivity index (χ3v) is 5.75. The predicted octanol–water partition coefficient (Wildman–Crippen LogP) is 6.43. The number of aldehydes is 1. The summed E-state index contributed by atoms with van der Waals surface area (Å²) in [6, 6.07) is 0. The molecule has 0 saturated heterocycles. The minimum atomic E-state index is -0.342. The van der Waals surface area contributed by atoms with Crippen LogP contribution in [-0.2, 0) is 46.9 Å². The molecule has 0 aliphatic rings. The molecule has 0 aromatic carbocycles. The molecule has 0 spiro atoms. The van der Waals surface area contributed by atoms with Crippen LogP contribution in [0.5, 0.6) is 0 Å². The number of hydrogen-bond acceptors (Lipinski definition) is 4. The van der Waals surface area contributed by atoms with Gasteiger partial charge in [-0.25, -0.2) is 0 Å². The third-order valence-electron chi connectivity index (χ3n) is 5.75. The minimum Gasteiger partial charge on any atom is -0.393 e. The van der Waals surface area contributed by atoms with Crippen LogP contribution < -0.4 is 0 Å². The summed E-state index contributed by atoms with van der Waals surface area (Å²) in [6.45, 7) is 22.2. The van der Waals surface area contributed by atoms with Gasteiger partial charge in [0.2, 0.25) is 0 Å². The number of hydrogen-bond donors (Lipinski definition) is 3. The molecule has 204 valence electrons. The molecule has 0 bridgehead atoms. The Morgan fingerprint density at radius 1 is 0.529 bits per heavy atom. The summed E-state index contributed by atoms with van der Waals surface area (Å²) >= 11 is 0. The zero-order valence-electron chi connectivity index (χ0n) is 23.8. The van der Waals surface area contributed by atoms with Crippen molar-refractivity contribution in [1.82, 2.24) is 0 Å². The van der Waals surface area contributed by atoms with Crippen molar-refractivity contribution in [2.45, 2.75) is 114 Å². The Labute approximate surface area is 241 Å². The van der Waals surface area contributed by atoms with Crippen molar-refractivity contribution in [3.63, 3.8) is 0 Å². The van der Waals surface area contributed by atoms with Gasteiger partial charge in [-0.05, 0) is 62.2 Å². The van der Waals surface area contributed by atoms with E-state index in [9.17, 15) is 20.1 Å². The van der Waals surface area contributed by atoms with Crippen LogP contribution in [0.4, 0.5) is 0 Å². The van der Waals surface area contributed by atoms with E-state index in [1.165, 1.54) is 0 Å². The van der Waals surface area contributed by atoms with Gasteiger partial charge in [0.05, 0.1) is 18.3 Å². The Balaban J connectivity index is -0.000000120. The van der Waals surface area contributed by atoms with Crippen LogP contribution in [0.2, 0.25) is 0 Å². The van der Waals surface area contributed by atoms with E-state index < -0.39 is 0 Å². The second kappa shape index (κ2) is 28.0. The van der Waals surface area contributed by atoms with E-state index in [4.69, 9.17) is 0 Å². The Hall–Kier alpha value is 0.407. The van der Waals surface area contributed by atoms with Gasteiger partial charge >= 0.3 is 0 Å². The summed E-state index contributed by atoms with van der Waals surface area (Å²) in [6.07, 6.45) is 10.9. The van der Waals surface area contributed by atoms with E-state index in [-0.39, 0.29) is 72.3 Å². The largest absolute Gasteiger partial charge is 0.393 e. The summed E-state index contributed by atoms with van der Waals surface area (Å²) < 4.78 is 0. The van der Waals surface area contributed by atoms with E-state index in [2.05, 4.69) is 53.7 Å². The van der Waals surface area contributed by atoms with E-state index in [1.54, 1.807) is 0 Å². The molecule has 0 fully saturated rings. The molecule has 0 aromatic rings. The maximum absolute atomic E-state index is 10.0. The maximum atomic E-state index is 10.0. The van der Waals surface area contributed by atoms with Crippen LogP contribution in [0.15, 0.2) is 24.3 Å². The molecule has 6 atom stereocenters. The molecular formula is C28H56O4W2. The Bertz CT molecular complexity index is 449. The van der Waals surface area contributed by atoms with Crippen LogP contribution in [0.3, 0.4) is 0 Å². The molecule has 0 radical (unpaired) electrons. The zero-order chi connectivity index (χ0) is 25.9. The quantitative estimate of drug-likeness (QED) is 0.157. The molecule has 4 nitrogen and oxygen atoms in total. The summed E-state index contributed by atoms with van der Waals surface area (Å²) in [7, 11) is 0. The smallest absolute Gasteiger partial charge is 0.120 e. The fraction of sp³-hybridized carbons (Fsp3) is 0.821. The second-order valence-corrected chi connectivity index (χ2v) is 10.1. The van der Waals surface area contributed by atoms with Gasteiger partial charge in [-0.15, -0.1) is 0 Å². The first-order valence-corrected chi connectivity index (χ1v) is 12.5. The van der Waals surface area contributed by atoms with Crippen LogP contribution in [-0.4, -0.2) is 39.9 Å². The maximum Gasteiger partial charge on any atom is 0.120 e. The Morgan fingerprint density at radius 3 is 0.941 bits per heavy atom. The molecule has 0 rings (SSSR count). The van der Waals surface area contributed by atoms with E-state index in [0.29, 0.717) is 30.1 Å². The number of aliphatic hydroxyl groups excluding tert-OH is 3. The Kier molecular flexibility index (Phi) is 36.5. The first-order valence-electron chi connectivity index (χ1n) is 12.5. The first kappa shape index (κ1) is 44.4. The number of carbonyl (C=O) groups excluding carboxylic acids is 1. The molecule has 0 aliphatic carbocycles. The molecule has 0 aliphatic heterocycles. The van der Waals surface area contributed by atoms with E-state index in [1.807, 2.05) is 46.8 Å². The van der Waals surface area contributed by atoms with Gasteiger partial charge in [0.1, 0.15) is 6.29 Å². The predicted molar refractivity (Wildman–Crippen MR) is 140 cm³/mol. The number of aliphatic hydroxyl groups is 3. The molecule has 0 saturated carbocycles. The molecule has 6 heteroatoms. The van der Waals surface area contributed by atoms with Gasteiger partial charge in [-0.1, -0.05) is 86.6 Å². The topological polar surface area (TPSA) is 77.8 Å². The molecule has 0 heterocycles. The summed E-state index contributed by atoms with van der Waals surface area (Å²) in [5.41, 5.74) is 0. The standard InChI is InChI=1S/2C10H20O.C8H16O2.2W/c2*1-5-6-7-9(4)10(11)8(2)3;1-6(2)8(10)7(3)4-5-9;;/h2*5-6,8-11H,7H2,1-4H3;5-8,10H,4H2,1-3H3;;/b2*6-5+;;;/t9-,10?;9-,10+;7-,8+;;/m111../s1. The van der Waals surface area contributed by atoms with Gasteiger partial charge in [0.25, 0.3) is 0 Å². The summed E-state index contributed by atoms with van der Waals surface area (Å²) in [5.74, 6) is 1.84. The monoisotopic (exact) mass is 824 g/mol. The van der Waals surface area contributed by atoms with E-state index >= 15 is 0 Å². The van der Waals surface area contributed by atoms with Gasteiger partial charge in [-0.2, -0.15) is 0 Å². The average Bonchev–Trinajstić information content (AvgIpc) is 2.74. The van der Waals surface area contributed by atoms with Crippen molar-refractivity contribution >= 4 is 6.29 Å². The van der Waals surface area contributed by atoms with Crippen molar-refractivity contribution in [1.29, 1.82) is 0 Å². The Morgan fingerprint density at radius 2 is 0.765 bits per heavy atom. The van der Waals surface area contributed by atoms with Crippen molar-refractivity contribution in [2.24, 2.45) is 35.5 Å². The van der Waals surface area contributed by atoms with Crippen molar-refractivity contribution in [2.75, 3.05) is 0 Å². The second-order valence-electron chi connectivity index (χ2n) is 10.1. The molecule has 3 N–H and O–H groups in total. The van der Waals surface area contributed by atoms with Gasteiger partial charge in [0.15, 0.2) is 0 Å². The van der Waals surface area contributed by atoms with Crippen LogP contribution in [0.25, 0.3) is 0 Å². The van der Waals surface area contributed by atoms with Gasteiger partial charge < -0.3 is 20.1 Å². The van der Waals surface area contributed by atoms with Crippen LogP contribution in [0.1, 0.15) is 95.4 Å². The minimum absolute atomic E-state index is 0. The van der Waals surface area contributed by atoms with Crippen molar-refractivity contribution < 1.29 is 62.2 Å². The summed E-state index contributed by atoms with van der Waals surface area (Å²) in [5, 5.41) is 28.5. The SMILES string of the molecule is C/C=C/C[C@@H](C)C(O)C(C)C.C/C=C/C[C@@H](C)[C@@H](O)C(C)C.CC(C)[C@H](O)[C@H](C)CC=O.[W].[W]. The van der Waals surface area contributed by atoms with Gasteiger partial charge in [0, 0.05) is 48.6 Å². The van der Waals surface area contributed by atoms with Crippen LogP contribution >= 0.6 is 0 Å². The van der Waals surface area contributed by atoms with Crippen LogP contribution in [0, 0.1) is 35.5 Å². The number of rotatable bonds is 12. The van der Waals surface area contributed by atoms with Crippen molar-refractivity contribution in [3.05, 3.63) is 24.3 Å².